The molecule has 2 aromatic rings. The zero-order chi connectivity index (χ0) is 10.3. The summed E-state index contributed by atoms with van der Waals surface area (Å²) in [5, 5.41) is 10.7. The number of benzene rings is 1. The standard InChI is InChI=1S/C9H5FO2S2/c10-6-1-4-5(9(11)12)3-14-8(4)2-7(6)13/h1-3,13H,(H,11,12). The topological polar surface area (TPSA) is 37.3 Å². The van der Waals surface area contributed by atoms with Crippen LogP contribution in [-0.2, 0) is 0 Å². The fourth-order valence-electron chi connectivity index (χ4n) is 1.20. The van der Waals surface area contributed by atoms with Gasteiger partial charge in [0.05, 0.1) is 5.56 Å². The van der Waals surface area contributed by atoms with Crippen molar-refractivity contribution in [1.29, 1.82) is 0 Å². The van der Waals surface area contributed by atoms with Crippen LogP contribution in [0.3, 0.4) is 0 Å². The Balaban J connectivity index is 2.80. The van der Waals surface area contributed by atoms with E-state index < -0.39 is 11.8 Å². The van der Waals surface area contributed by atoms with Gasteiger partial charge >= 0.3 is 5.97 Å². The number of carboxylic acid groups (broad SMARTS) is 1. The van der Waals surface area contributed by atoms with Crippen LogP contribution in [0.5, 0.6) is 0 Å². The van der Waals surface area contributed by atoms with Crippen LogP contribution in [-0.4, -0.2) is 11.1 Å². The fourth-order valence-corrected chi connectivity index (χ4v) is 2.44. The van der Waals surface area contributed by atoms with E-state index in [1.807, 2.05) is 0 Å². The highest BCUT2D eigenvalue weighted by atomic mass is 32.1. The molecule has 0 saturated carbocycles. The van der Waals surface area contributed by atoms with Gasteiger partial charge < -0.3 is 5.11 Å². The summed E-state index contributed by atoms with van der Waals surface area (Å²) < 4.78 is 13.8. The van der Waals surface area contributed by atoms with Crippen molar-refractivity contribution < 1.29 is 14.3 Å². The monoisotopic (exact) mass is 228 g/mol. The minimum atomic E-state index is -1.04. The lowest BCUT2D eigenvalue weighted by Gasteiger charge is -1.96. The van der Waals surface area contributed by atoms with Crippen molar-refractivity contribution in [2.45, 2.75) is 4.90 Å². The summed E-state index contributed by atoms with van der Waals surface area (Å²) in [6.45, 7) is 0. The van der Waals surface area contributed by atoms with Crippen molar-refractivity contribution in [3.63, 3.8) is 0 Å². The lowest BCUT2D eigenvalue weighted by atomic mass is 10.2. The van der Waals surface area contributed by atoms with Gasteiger partial charge in [0.25, 0.3) is 0 Å². The number of aromatic carboxylic acids is 1. The smallest absolute Gasteiger partial charge is 0.337 e. The highest BCUT2D eigenvalue weighted by Gasteiger charge is 2.12. The number of thiophene rings is 1. The van der Waals surface area contributed by atoms with Gasteiger partial charge in [-0.25, -0.2) is 9.18 Å². The molecule has 0 amide bonds. The van der Waals surface area contributed by atoms with Gasteiger partial charge in [-0.1, -0.05) is 0 Å². The van der Waals surface area contributed by atoms with E-state index in [1.165, 1.54) is 28.8 Å². The highest BCUT2D eigenvalue weighted by molar-refractivity contribution is 7.80. The first-order chi connectivity index (χ1) is 6.59. The van der Waals surface area contributed by atoms with Gasteiger partial charge in [0, 0.05) is 20.4 Å². The zero-order valence-electron chi connectivity index (χ0n) is 6.82. The Bertz CT molecular complexity index is 519. The predicted molar refractivity (Wildman–Crippen MR) is 56.0 cm³/mol. The van der Waals surface area contributed by atoms with Crippen LogP contribution in [0.15, 0.2) is 22.4 Å². The SMILES string of the molecule is O=C(O)c1csc2cc(S)c(F)cc12. The van der Waals surface area contributed by atoms with Crippen LogP contribution in [0.2, 0.25) is 0 Å². The molecule has 0 aliphatic carbocycles. The van der Waals surface area contributed by atoms with E-state index in [0.29, 0.717) is 5.39 Å². The van der Waals surface area contributed by atoms with Crippen LogP contribution in [0, 0.1) is 5.82 Å². The van der Waals surface area contributed by atoms with Crippen molar-refractivity contribution in [3.8, 4) is 0 Å². The summed E-state index contributed by atoms with van der Waals surface area (Å²) in [6.07, 6.45) is 0. The van der Waals surface area contributed by atoms with Crippen molar-refractivity contribution in [2.24, 2.45) is 0 Å². The van der Waals surface area contributed by atoms with Crippen LogP contribution in [0.1, 0.15) is 10.4 Å². The molecule has 0 aliphatic rings. The van der Waals surface area contributed by atoms with E-state index >= 15 is 0 Å². The second-order valence-corrected chi connectivity index (χ2v) is 4.15. The quantitative estimate of drug-likeness (QED) is 0.736. The molecule has 1 N–H and O–H groups in total. The molecule has 0 atom stereocenters. The summed E-state index contributed by atoms with van der Waals surface area (Å²) in [7, 11) is 0. The van der Waals surface area contributed by atoms with E-state index in [1.54, 1.807) is 0 Å². The van der Waals surface area contributed by atoms with Crippen LogP contribution in [0.25, 0.3) is 10.1 Å². The Labute approximate surface area is 88.4 Å². The third kappa shape index (κ3) is 1.38. The van der Waals surface area contributed by atoms with E-state index in [9.17, 15) is 9.18 Å². The second kappa shape index (κ2) is 3.25. The van der Waals surface area contributed by atoms with Crippen LogP contribution in [0.4, 0.5) is 4.39 Å². The van der Waals surface area contributed by atoms with Gasteiger partial charge in [0.2, 0.25) is 0 Å². The molecule has 0 radical (unpaired) electrons. The van der Waals surface area contributed by atoms with Gasteiger partial charge in [-0.2, -0.15) is 0 Å². The molecule has 0 saturated heterocycles. The molecule has 2 rings (SSSR count). The number of hydrogen-bond acceptors (Lipinski definition) is 3. The molecule has 5 heteroatoms. The number of carbonyl (C=O) groups is 1. The van der Waals surface area contributed by atoms with Gasteiger partial charge in [-0.15, -0.1) is 24.0 Å². The Hall–Kier alpha value is -1.07. The first-order valence-electron chi connectivity index (χ1n) is 3.72. The van der Waals surface area contributed by atoms with Crippen molar-refractivity contribution in [3.05, 3.63) is 28.9 Å². The van der Waals surface area contributed by atoms with E-state index in [0.717, 1.165) is 4.70 Å². The third-order valence-electron chi connectivity index (χ3n) is 1.87. The minimum absolute atomic E-state index is 0.136. The molecule has 1 aromatic heterocycles. The van der Waals surface area contributed by atoms with Crippen molar-refractivity contribution >= 4 is 40.0 Å². The van der Waals surface area contributed by atoms with E-state index in [4.69, 9.17) is 5.11 Å². The maximum atomic E-state index is 13.1. The second-order valence-electron chi connectivity index (χ2n) is 2.75. The number of halogens is 1. The number of carboxylic acids is 1. The summed E-state index contributed by atoms with van der Waals surface area (Å²) in [6, 6.07) is 2.74. The Morgan fingerprint density at radius 1 is 1.50 bits per heavy atom. The molecule has 0 spiro atoms. The normalized spacial score (nSPS) is 10.7. The van der Waals surface area contributed by atoms with Crippen molar-refractivity contribution in [1.82, 2.24) is 0 Å². The number of fused-ring (bicyclic) bond motifs is 1. The molecule has 72 valence electrons. The molecular formula is C9H5FO2S2. The number of thiol groups is 1. The van der Waals surface area contributed by atoms with E-state index in [2.05, 4.69) is 12.6 Å². The largest absolute Gasteiger partial charge is 0.478 e. The molecular weight excluding hydrogens is 223 g/mol. The predicted octanol–water partition coefficient (Wildman–Crippen LogP) is 3.03. The number of hydrogen-bond donors (Lipinski definition) is 2. The summed E-state index contributed by atoms with van der Waals surface area (Å²) >= 11 is 5.19. The maximum absolute atomic E-state index is 13.1. The Morgan fingerprint density at radius 2 is 2.21 bits per heavy atom. The molecule has 0 fully saturated rings. The van der Waals surface area contributed by atoms with Gasteiger partial charge in [-0.3, -0.25) is 0 Å². The van der Waals surface area contributed by atoms with Crippen LogP contribution >= 0.6 is 24.0 Å². The fraction of sp³-hybridized carbons (Fsp3) is 0. The lowest BCUT2D eigenvalue weighted by molar-refractivity contribution is 0.0699. The maximum Gasteiger partial charge on any atom is 0.337 e. The summed E-state index contributed by atoms with van der Waals surface area (Å²) in [5.41, 5.74) is 0.136. The first kappa shape index (κ1) is 9.48. The van der Waals surface area contributed by atoms with Crippen molar-refractivity contribution in [2.75, 3.05) is 0 Å². The Morgan fingerprint density at radius 3 is 2.86 bits per heavy atom. The minimum Gasteiger partial charge on any atom is -0.478 e. The average molecular weight is 228 g/mol. The lowest BCUT2D eigenvalue weighted by Crippen LogP contribution is -1.93. The van der Waals surface area contributed by atoms with Gasteiger partial charge in [0.1, 0.15) is 5.82 Å². The molecule has 1 aromatic carbocycles. The first-order valence-corrected chi connectivity index (χ1v) is 5.05. The molecule has 2 nitrogen and oxygen atoms in total. The van der Waals surface area contributed by atoms with E-state index in [-0.39, 0.29) is 10.5 Å². The average Bonchev–Trinajstić information content (AvgIpc) is 2.48. The summed E-state index contributed by atoms with van der Waals surface area (Å²) in [5.74, 6) is -1.54. The summed E-state index contributed by atoms with van der Waals surface area (Å²) in [4.78, 5) is 11.0. The zero-order valence-corrected chi connectivity index (χ0v) is 8.53. The molecule has 0 unspecified atom stereocenters. The van der Waals surface area contributed by atoms with Crippen LogP contribution < -0.4 is 0 Å². The Kier molecular flexibility index (Phi) is 2.20. The van der Waals surface area contributed by atoms with Gasteiger partial charge in [-0.05, 0) is 12.1 Å². The molecule has 0 bridgehead atoms. The molecule has 0 aliphatic heterocycles. The third-order valence-corrected chi connectivity index (χ3v) is 3.16. The highest BCUT2D eigenvalue weighted by Crippen LogP contribution is 2.29. The molecule has 14 heavy (non-hydrogen) atoms. The van der Waals surface area contributed by atoms with Gasteiger partial charge in [0.15, 0.2) is 0 Å². The number of rotatable bonds is 1. The molecule has 1 heterocycles.